The minimum atomic E-state index is -4.55. The van der Waals surface area contributed by atoms with Crippen molar-refractivity contribution < 1.29 is 22.7 Å². The summed E-state index contributed by atoms with van der Waals surface area (Å²) in [5.74, 6) is 0.374. The number of aryl methyl sites for hydroxylation is 1. The fourth-order valence-corrected chi connectivity index (χ4v) is 3.73. The molecule has 1 aromatic heterocycles. The molecule has 2 aromatic rings. The zero-order valence-corrected chi connectivity index (χ0v) is 17.7. The quantitative estimate of drug-likeness (QED) is 0.707. The Balaban J connectivity index is 1.83. The number of amides is 1. The molecule has 1 atom stereocenters. The first kappa shape index (κ1) is 22.7. The van der Waals surface area contributed by atoms with Gasteiger partial charge in [0.05, 0.1) is 30.6 Å². The lowest BCUT2D eigenvalue weighted by atomic mass is 9.97. The predicted molar refractivity (Wildman–Crippen MR) is 111 cm³/mol. The van der Waals surface area contributed by atoms with E-state index in [9.17, 15) is 18.0 Å². The lowest BCUT2D eigenvalue weighted by Gasteiger charge is -2.19. The first-order valence-electron chi connectivity index (χ1n) is 10.3. The molecule has 1 aliphatic carbocycles. The molecule has 3 rings (SSSR count). The van der Waals surface area contributed by atoms with E-state index in [0.717, 1.165) is 23.7 Å². The normalized spacial score (nSPS) is 17.7. The van der Waals surface area contributed by atoms with Crippen molar-refractivity contribution in [2.24, 2.45) is 4.99 Å². The molecule has 1 amide bonds. The fourth-order valence-electron chi connectivity index (χ4n) is 3.73. The van der Waals surface area contributed by atoms with Crippen LogP contribution in [-0.2, 0) is 12.6 Å². The van der Waals surface area contributed by atoms with Crippen molar-refractivity contribution in [1.82, 2.24) is 15.3 Å². The van der Waals surface area contributed by atoms with E-state index in [4.69, 9.17) is 4.74 Å². The molecule has 0 saturated heterocycles. The van der Waals surface area contributed by atoms with E-state index >= 15 is 0 Å². The minimum Gasteiger partial charge on any atom is -0.493 e. The summed E-state index contributed by atoms with van der Waals surface area (Å²) in [5.41, 5.74) is 2.06. The highest BCUT2D eigenvalue weighted by Crippen LogP contribution is 2.29. The number of benzene rings is 1. The largest absolute Gasteiger partial charge is 0.493 e. The summed E-state index contributed by atoms with van der Waals surface area (Å²) in [4.78, 5) is 24.7. The standard InChI is InChI=1S/C22H25F3N4O2/c1-4-14-13(3)9-10-17(31-5-2)20(14)21(30)29-16-8-6-7-15(16)28-19-12-26-18(11-27-19)22(23,24)25/h9-12,16H,4-8H2,1-3H3,(H,29,30). The van der Waals surface area contributed by atoms with Crippen molar-refractivity contribution >= 4 is 17.4 Å². The van der Waals surface area contributed by atoms with Gasteiger partial charge in [0, 0.05) is 5.71 Å². The summed E-state index contributed by atoms with van der Waals surface area (Å²) in [6.45, 7) is 6.24. The van der Waals surface area contributed by atoms with E-state index in [1.54, 1.807) is 6.07 Å². The number of hydrogen-bond donors (Lipinski definition) is 1. The van der Waals surface area contributed by atoms with E-state index in [-0.39, 0.29) is 17.8 Å². The number of alkyl halides is 3. The second-order valence-electron chi connectivity index (χ2n) is 7.30. The molecule has 1 aliphatic rings. The number of carbonyl (C=O) groups excluding carboxylic acids is 1. The van der Waals surface area contributed by atoms with Crippen LogP contribution in [0.4, 0.5) is 19.0 Å². The molecule has 166 valence electrons. The Morgan fingerprint density at radius 1 is 1.26 bits per heavy atom. The number of nitrogens with one attached hydrogen (secondary N) is 1. The van der Waals surface area contributed by atoms with Crippen LogP contribution in [0.1, 0.15) is 60.3 Å². The summed E-state index contributed by atoms with van der Waals surface area (Å²) < 4.78 is 43.7. The molecular weight excluding hydrogens is 409 g/mol. The van der Waals surface area contributed by atoms with Crippen LogP contribution in [0.15, 0.2) is 29.5 Å². The number of nitrogens with zero attached hydrogens (tertiary/aromatic N) is 3. The Morgan fingerprint density at radius 3 is 2.65 bits per heavy atom. The fraction of sp³-hybridized carbons (Fsp3) is 0.455. The molecule has 1 heterocycles. The van der Waals surface area contributed by atoms with Crippen molar-refractivity contribution in [2.45, 2.75) is 58.7 Å². The number of hydrogen-bond acceptors (Lipinski definition) is 5. The average Bonchev–Trinajstić information content (AvgIpc) is 3.15. The van der Waals surface area contributed by atoms with Crippen LogP contribution in [0.3, 0.4) is 0 Å². The summed E-state index contributed by atoms with van der Waals surface area (Å²) in [6.07, 6.45) is -0.0820. The molecule has 0 spiro atoms. The van der Waals surface area contributed by atoms with Crippen LogP contribution in [0.5, 0.6) is 5.75 Å². The number of aliphatic imine (C=N–C) groups is 1. The summed E-state index contributed by atoms with van der Waals surface area (Å²) in [6, 6.07) is 3.41. The zero-order valence-electron chi connectivity index (χ0n) is 17.7. The molecule has 1 aromatic carbocycles. The molecular formula is C22H25F3N4O2. The molecule has 1 fully saturated rings. The maximum Gasteiger partial charge on any atom is 0.434 e. The van der Waals surface area contributed by atoms with E-state index < -0.39 is 11.9 Å². The van der Waals surface area contributed by atoms with Crippen LogP contribution in [0, 0.1) is 6.92 Å². The van der Waals surface area contributed by atoms with Crippen molar-refractivity contribution in [1.29, 1.82) is 0 Å². The van der Waals surface area contributed by atoms with Gasteiger partial charge in [0.15, 0.2) is 11.5 Å². The number of aromatic nitrogens is 2. The van der Waals surface area contributed by atoms with Crippen molar-refractivity contribution in [3.8, 4) is 5.75 Å². The highest BCUT2D eigenvalue weighted by atomic mass is 19.4. The molecule has 6 nitrogen and oxygen atoms in total. The van der Waals surface area contributed by atoms with Crippen LogP contribution < -0.4 is 10.1 Å². The van der Waals surface area contributed by atoms with E-state index in [1.807, 2.05) is 26.8 Å². The van der Waals surface area contributed by atoms with Gasteiger partial charge in [-0.25, -0.2) is 15.0 Å². The summed E-state index contributed by atoms with van der Waals surface area (Å²) in [7, 11) is 0. The van der Waals surface area contributed by atoms with Gasteiger partial charge >= 0.3 is 6.18 Å². The van der Waals surface area contributed by atoms with Crippen molar-refractivity contribution in [2.75, 3.05) is 6.61 Å². The Labute approximate surface area is 179 Å². The molecule has 0 aliphatic heterocycles. The van der Waals surface area contributed by atoms with Crippen LogP contribution in [0.2, 0.25) is 0 Å². The van der Waals surface area contributed by atoms with Crippen LogP contribution in [0.25, 0.3) is 0 Å². The van der Waals surface area contributed by atoms with Gasteiger partial charge in [0.1, 0.15) is 5.75 Å². The number of rotatable bonds is 6. The molecule has 1 unspecified atom stereocenters. The molecule has 1 N–H and O–H groups in total. The average molecular weight is 434 g/mol. The number of carbonyl (C=O) groups is 1. The second kappa shape index (κ2) is 9.45. The smallest absolute Gasteiger partial charge is 0.434 e. The van der Waals surface area contributed by atoms with Gasteiger partial charge in [-0.15, -0.1) is 0 Å². The lowest BCUT2D eigenvalue weighted by Crippen LogP contribution is -2.38. The van der Waals surface area contributed by atoms with Gasteiger partial charge in [-0.3, -0.25) is 4.79 Å². The van der Waals surface area contributed by atoms with Gasteiger partial charge in [0.25, 0.3) is 5.91 Å². The molecule has 0 bridgehead atoms. The highest BCUT2D eigenvalue weighted by molar-refractivity contribution is 6.03. The Hall–Kier alpha value is -2.97. The Kier molecular flexibility index (Phi) is 6.92. The van der Waals surface area contributed by atoms with Gasteiger partial charge in [-0.05, 0) is 56.7 Å². The summed E-state index contributed by atoms with van der Waals surface area (Å²) in [5, 5.41) is 3.02. The third-order valence-electron chi connectivity index (χ3n) is 5.21. The minimum absolute atomic E-state index is 0.0870. The number of halogens is 3. The maximum absolute atomic E-state index is 13.2. The molecule has 0 radical (unpaired) electrons. The van der Waals surface area contributed by atoms with Crippen LogP contribution >= 0.6 is 0 Å². The van der Waals surface area contributed by atoms with Gasteiger partial charge in [-0.2, -0.15) is 13.2 Å². The van der Waals surface area contributed by atoms with Crippen molar-refractivity contribution in [3.63, 3.8) is 0 Å². The predicted octanol–water partition coefficient (Wildman–Crippen LogP) is 4.82. The van der Waals surface area contributed by atoms with Gasteiger partial charge in [-0.1, -0.05) is 13.0 Å². The Morgan fingerprint density at radius 2 is 2.03 bits per heavy atom. The van der Waals surface area contributed by atoms with E-state index in [2.05, 4.69) is 20.3 Å². The third-order valence-corrected chi connectivity index (χ3v) is 5.21. The molecule has 1 saturated carbocycles. The van der Waals surface area contributed by atoms with Crippen LogP contribution in [-0.4, -0.2) is 34.2 Å². The first-order chi connectivity index (χ1) is 14.7. The molecule has 9 heteroatoms. The molecule has 31 heavy (non-hydrogen) atoms. The first-order valence-corrected chi connectivity index (χ1v) is 10.3. The monoisotopic (exact) mass is 434 g/mol. The third kappa shape index (κ3) is 5.21. The highest BCUT2D eigenvalue weighted by Gasteiger charge is 2.33. The van der Waals surface area contributed by atoms with Gasteiger partial charge < -0.3 is 10.1 Å². The number of ether oxygens (including phenoxy) is 1. The SMILES string of the molecule is CCOc1ccc(C)c(CC)c1C(=O)NC1CCCC1=Nc1cnc(C(F)(F)F)cn1. The zero-order chi connectivity index (χ0) is 22.6. The lowest BCUT2D eigenvalue weighted by molar-refractivity contribution is -0.141. The topological polar surface area (TPSA) is 76.5 Å². The Bertz CT molecular complexity index is 972. The van der Waals surface area contributed by atoms with Gasteiger partial charge in [0.2, 0.25) is 0 Å². The second-order valence-corrected chi connectivity index (χ2v) is 7.30. The maximum atomic E-state index is 13.2. The van der Waals surface area contributed by atoms with Crippen molar-refractivity contribution in [3.05, 3.63) is 46.9 Å². The summed E-state index contributed by atoms with van der Waals surface area (Å²) >= 11 is 0. The van der Waals surface area contributed by atoms with E-state index in [0.29, 0.717) is 49.1 Å². The van der Waals surface area contributed by atoms with E-state index in [1.165, 1.54) is 0 Å².